The summed E-state index contributed by atoms with van der Waals surface area (Å²) in [5, 5.41) is 5.70. The van der Waals surface area contributed by atoms with E-state index in [2.05, 4.69) is 15.2 Å². The van der Waals surface area contributed by atoms with Gasteiger partial charge in [0, 0.05) is 19.8 Å². The summed E-state index contributed by atoms with van der Waals surface area (Å²) in [6.07, 6.45) is -3.07. The zero-order valence-electron chi connectivity index (χ0n) is 10.4. The summed E-state index contributed by atoms with van der Waals surface area (Å²) in [7, 11) is 0. The lowest BCUT2D eigenvalue weighted by Crippen LogP contribution is -2.40. The highest BCUT2D eigenvalue weighted by molar-refractivity contribution is 5.90. The molecule has 0 atom stereocenters. The number of ether oxygens (including phenoxy) is 1. The van der Waals surface area contributed by atoms with Crippen LogP contribution in [0.3, 0.4) is 0 Å². The van der Waals surface area contributed by atoms with Gasteiger partial charge in [0.2, 0.25) is 5.82 Å². The molecular formula is C10H15F3N4O2. The average Bonchev–Trinajstić information content (AvgIpc) is 2.84. The number of aromatic amines is 1. The molecule has 9 heteroatoms. The minimum atomic E-state index is -4.46. The molecule has 0 unspecified atom stereocenters. The fourth-order valence-electron chi connectivity index (χ4n) is 1.43. The van der Waals surface area contributed by atoms with Gasteiger partial charge in [0.05, 0.1) is 0 Å². The fourth-order valence-corrected chi connectivity index (χ4v) is 1.43. The van der Waals surface area contributed by atoms with Crippen molar-refractivity contribution in [1.29, 1.82) is 0 Å². The summed E-state index contributed by atoms with van der Waals surface area (Å²) in [4.78, 5) is 16.0. The van der Waals surface area contributed by atoms with E-state index in [-0.39, 0.29) is 12.4 Å². The Morgan fingerprint density at radius 3 is 2.79 bits per heavy atom. The molecule has 0 radical (unpaired) electrons. The van der Waals surface area contributed by atoms with Crippen molar-refractivity contribution in [3.8, 4) is 0 Å². The quantitative estimate of drug-likeness (QED) is 0.763. The van der Waals surface area contributed by atoms with Gasteiger partial charge in [-0.25, -0.2) is 4.98 Å². The SMILES string of the molecule is CCOCCCN(CC(F)(F)F)C(=O)c1ncn[nH]1. The zero-order chi connectivity index (χ0) is 14.3. The molecule has 108 valence electrons. The highest BCUT2D eigenvalue weighted by atomic mass is 19.4. The van der Waals surface area contributed by atoms with Crippen molar-refractivity contribution >= 4 is 5.91 Å². The lowest BCUT2D eigenvalue weighted by Gasteiger charge is -2.22. The molecular weight excluding hydrogens is 265 g/mol. The Labute approximate surface area is 107 Å². The molecule has 1 rings (SSSR count). The number of carbonyl (C=O) groups is 1. The third kappa shape index (κ3) is 5.69. The fraction of sp³-hybridized carbons (Fsp3) is 0.700. The number of aromatic nitrogens is 3. The van der Waals surface area contributed by atoms with E-state index in [0.717, 1.165) is 6.33 Å². The summed E-state index contributed by atoms with van der Waals surface area (Å²) in [6.45, 7) is 1.19. The maximum Gasteiger partial charge on any atom is 0.406 e. The summed E-state index contributed by atoms with van der Waals surface area (Å²) < 4.78 is 42.3. The molecule has 0 spiro atoms. The second-order valence-corrected chi connectivity index (χ2v) is 3.73. The Kier molecular flexibility index (Phi) is 5.74. The Bertz CT molecular complexity index is 381. The highest BCUT2D eigenvalue weighted by Crippen LogP contribution is 2.17. The number of carbonyl (C=O) groups excluding carboxylic acids is 1. The third-order valence-corrected chi connectivity index (χ3v) is 2.20. The van der Waals surface area contributed by atoms with E-state index < -0.39 is 18.6 Å². The first-order valence-corrected chi connectivity index (χ1v) is 5.73. The van der Waals surface area contributed by atoms with E-state index in [4.69, 9.17) is 4.74 Å². The van der Waals surface area contributed by atoms with Crippen LogP contribution in [0, 0.1) is 0 Å². The molecule has 1 aromatic heterocycles. The number of nitrogens with zero attached hydrogens (tertiary/aromatic N) is 3. The molecule has 19 heavy (non-hydrogen) atoms. The molecule has 0 aliphatic carbocycles. The number of hydrogen-bond acceptors (Lipinski definition) is 4. The number of H-pyrrole nitrogens is 1. The minimum absolute atomic E-state index is 0.0565. The Morgan fingerprint density at radius 2 is 2.26 bits per heavy atom. The van der Waals surface area contributed by atoms with Crippen LogP contribution in [-0.2, 0) is 4.74 Å². The molecule has 1 aromatic rings. The molecule has 0 saturated heterocycles. The zero-order valence-corrected chi connectivity index (χ0v) is 10.4. The molecule has 0 saturated carbocycles. The molecule has 0 aromatic carbocycles. The van der Waals surface area contributed by atoms with Gasteiger partial charge in [0.15, 0.2) is 0 Å². The van der Waals surface area contributed by atoms with Gasteiger partial charge in [-0.05, 0) is 13.3 Å². The highest BCUT2D eigenvalue weighted by Gasteiger charge is 2.33. The van der Waals surface area contributed by atoms with Gasteiger partial charge in [0.25, 0.3) is 5.91 Å². The molecule has 1 heterocycles. The first kappa shape index (κ1) is 15.4. The second-order valence-electron chi connectivity index (χ2n) is 3.73. The van der Waals surface area contributed by atoms with E-state index in [0.29, 0.717) is 24.5 Å². The summed E-state index contributed by atoms with van der Waals surface area (Å²) in [5.41, 5.74) is 0. The number of halogens is 3. The van der Waals surface area contributed by atoms with Crippen LogP contribution in [0.15, 0.2) is 6.33 Å². The predicted molar refractivity (Wildman–Crippen MR) is 59.5 cm³/mol. The normalized spacial score (nSPS) is 11.6. The lowest BCUT2D eigenvalue weighted by atomic mass is 10.3. The third-order valence-electron chi connectivity index (χ3n) is 2.20. The van der Waals surface area contributed by atoms with Gasteiger partial charge in [0.1, 0.15) is 12.9 Å². The van der Waals surface area contributed by atoms with E-state index in [1.54, 1.807) is 6.92 Å². The Hall–Kier alpha value is -1.64. The Morgan fingerprint density at radius 1 is 1.53 bits per heavy atom. The van der Waals surface area contributed by atoms with Crippen molar-refractivity contribution < 1.29 is 22.7 Å². The Balaban J connectivity index is 2.61. The van der Waals surface area contributed by atoms with Crippen LogP contribution in [-0.4, -0.2) is 58.5 Å². The van der Waals surface area contributed by atoms with Crippen LogP contribution in [0.2, 0.25) is 0 Å². The van der Waals surface area contributed by atoms with E-state index in [9.17, 15) is 18.0 Å². The molecule has 1 amide bonds. The average molecular weight is 280 g/mol. The molecule has 0 aliphatic rings. The summed E-state index contributed by atoms with van der Waals surface area (Å²) in [5.74, 6) is -1.04. The van der Waals surface area contributed by atoms with Crippen molar-refractivity contribution in [2.75, 3.05) is 26.3 Å². The number of amides is 1. The molecule has 0 bridgehead atoms. The maximum atomic E-state index is 12.4. The lowest BCUT2D eigenvalue weighted by molar-refractivity contribution is -0.141. The van der Waals surface area contributed by atoms with E-state index >= 15 is 0 Å². The van der Waals surface area contributed by atoms with E-state index in [1.807, 2.05) is 0 Å². The van der Waals surface area contributed by atoms with Crippen LogP contribution < -0.4 is 0 Å². The molecule has 1 N–H and O–H groups in total. The number of nitrogens with one attached hydrogen (secondary N) is 1. The molecule has 0 fully saturated rings. The maximum absolute atomic E-state index is 12.4. The van der Waals surface area contributed by atoms with Gasteiger partial charge >= 0.3 is 6.18 Å². The minimum Gasteiger partial charge on any atom is -0.382 e. The van der Waals surface area contributed by atoms with Crippen LogP contribution in [0.5, 0.6) is 0 Å². The van der Waals surface area contributed by atoms with Crippen LogP contribution in [0.4, 0.5) is 13.2 Å². The van der Waals surface area contributed by atoms with Crippen molar-refractivity contribution in [3.05, 3.63) is 12.2 Å². The largest absolute Gasteiger partial charge is 0.406 e. The first-order valence-electron chi connectivity index (χ1n) is 5.73. The number of rotatable bonds is 7. The smallest absolute Gasteiger partial charge is 0.382 e. The monoisotopic (exact) mass is 280 g/mol. The summed E-state index contributed by atoms with van der Waals surface area (Å²) >= 11 is 0. The van der Waals surface area contributed by atoms with Gasteiger partial charge < -0.3 is 9.64 Å². The van der Waals surface area contributed by atoms with Crippen molar-refractivity contribution in [2.24, 2.45) is 0 Å². The predicted octanol–water partition coefficient (Wildman–Crippen LogP) is 1.24. The van der Waals surface area contributed by atoms with Gasteiger partial charge in [-0.1, -0.05) is 0 Å². The number of alkyl halides is 3. The van der Waals surface area contributed by atoms with Gasteiger partial charge in [-0.15, -0.1) is 0 Å². The van der Waals surface area contributed by atoms with E-state index in [1.165, 1.54) is 0 Å². The van der Waals surface area contributed by atoms with Crippen LogP contribution >= 0.6 is 0 Å². The number of hydrogen-bond donors (Lipinski definition) is 1. The topological polar surface area (TPSA) is 71.1 Å². The molecule has 6 nitrogen and oxygen atoms in total. The van der Waals surface area contributed by atoms with Gasteiger partial charge in [-0.3, -0.25) is 9.89 Å². The van der Waals surface area contributed by atoms with Crippen molar-refractivity contribution in [3.63, 3.8) is 0 Å². The first-order chi connectivity index (χ1) is 8.94. The van der Waals surface area contributed by atoms with Crippen LogP contribution in [0.25, 0.3) is 0 Å². The van der Waals surface area contributed by atoms with Crippen molar-refractivity contribution in [2.45, 2.75) is 19.5 Å². The molecule has 0 aliphatic heterocycles. The standard InChI is InChI=1S/C10H15F3N4O2/c1-2-19-5-3-4-17(6-10(11,12)13)9(18)8-14-7-15-16-8/h7H,2-6H2,1H3,(H,14,15,16). The second kappa shape index (κ2) is 7.07. The van der Waals surface area contributed by atoms with Crippen LogP contribution in [0.1, 0.15) is 24.0 Å². The summed E-state index contributed by atoms with van der Waals surface area (Å²) in [6, 6.07) is 0. The van der Waals surface area contributed by atoms with Gasteiger partial charge in [-0.2, -0.15) is 18.3 Å². The van der Waals surface area contributed by atoms with Crippen molar-refractivity contribution in [1.82, 2.24) is 20.1 Å².